The van der Waals surface area contributed by atoms with Crippen LogP contribution >= 0.6 is 0 Å². The summed E-state index contributed by atoms with van der Waals surface area (Å²) in [6.45, 7) is 7.61. The third kappa shape index (κ3) is 4.28. The highest BCUT2D eigenvalue weighted by Crippen LogP contribution is 2.31. The van der Waals surface area contributed by atoms with E-state index < -0.39 is 0 Å². The van der Waals surface area contributed by atoms with Gasteiger partial charge >= 0.3 is 0 Å². The fraction of sp³-hybridized carbons (Fsp3) is 0.320. The lowest BCUT2D eigenvalue weighted by atomic mass is 9.98. The van der Waals surface area contributed by atoms with Crippen molar-refractivity contribution in [3.8, 4) is 0 Å². The molecule has 0 radical (unpaired) electrons. The van der Waals surface area contributed by atoms with E-state index in [1.54, 1.807) is 0 Å². The van der Waals surface area contributed by atoms with E-state index in [1.165, 1.54) is 28.5 Å². The Labute approximate surface area is 172 Å². The number of benzene rings is 2. The molecule has 150 valence electrons. The van der Waals surface area contributed by atoms with Crippen LogP contribution in [-0.4, -0.2) is 35.4 Å². The second kappa shape index (κ2) is 8.66. The van der Waals surface area contributed by atoms with Crippen LogP contribution in [-0.2, 0) is 6.42 Å². The number of nitrogens with one attached hydrogen (secondary N) is 2. The van der Waals surface area contributed by atoms with Crippen molar-refractivity contribution < 1.29 is 4.79 Å². The van der Waals surface area contributed by atoms with Gasteiger partial charge in [-0.1, -0.05) is 32.1 Å². The largest absolute Gasteiger partial charge is 0.361 e. The van der Waals surface area contributed by atoms with Crippen LogP contribution in [0.15, 0.2) is 54.7 Å². The van der Waals surface area contributed by atoms with Gasteiger partial charge in [-0.25, -0.2) is 0 Å². The topological polar surface area (TPSA) is 48.1 Å². The van der Waals surface area contributed by atoms with Crippen molar-refractivity contribution in [3.63, 3.8) is 0 Å². The molecule has 0 spiro atoms. The summed E-state index contributed by atoms with van der Waals surface area (Å²) in [5, 5.41) is 4.23. The average molecular weight is 388 g/mol. The number of amides is 1. The number of nitrogens with zero attached hydrogens (tertiary/aromatic N) is 1. The van der Waals surface area contributed by atoms with Crippen LogP contribution in [0.4, 0.5) is 5.69 Å². The Bertz CT molecular complexity index is 1050. The molecule has 0 bridgehead atoms. The lowest BCUT2D eigenvalue weighted by molar-refractivity contribution is 0.102. The van der Waals surface area contributed by atoms with Gasteiger partial charge in [-0.15, -0.1) is 0 Å². The standard InChI is InChI=1S/C25H29N3O/c1-3-12-28-13-10-19(11-14-28)23-17-26-24-9-8-21(16-22(23)24)27-25(29)20-7-5-6-18(4-2)15-20/h5-10,15-17,26H,3-4,11-14H2,1-2H3,(H,27,29). The molecule has 0 atom stereocenters. The zero-order valence-electron chi connectivity index (χ0n) is 17.3. The molecule has 2 aromatic carbocycles. The van der Waals surface area contributed by atoms with Crippen LogP contribution in [0, 0.1) is 0 Å². The van der Waals surface area contributed by atoms with Gasteiger partial charge in [-0.2, -0.15) is 0 Å². The number of aromatic nitrogens is 1. The molecule has 2 heterocycles. The highest BCUT2D eigenvalue weighted by molar-refractivity contribution is 6.06. The zero-order chi connectivity index (χ0) is 20.2. The molecular formula is C25H29N3O. The van der Waals surface area contributed by atoms with Crippen LogP contribution in [0.1, 0.15) is 48.2 Å². The minimum Gasteiger partial charge on any atom is -0.361 e. The molecule has 0 unspecified atom stereocenters. The lowest BCUT2D eigenvalue weighted by Crippen LogP contribution is -2.29. The summed E-state index contributed by atoms with van der Waals surface area (Å²) in [4.78, 5) is 18.6. The minimum atomic E-state index is -0.0659. The highest BCUT2D eigenvalue weighted by atomic mass is 16.1. The summed E-state index contributed by atoms with van der Waals surface area (Å²) in [6, 6.07) is 13.9. The maximum Gasteiger partial charge on any atom is 0.255 e. The fourth-order valence-electron chi connectivity index (χ4n) is 4.07. The summed E-state index contributed by atoms with van der Waals surface area (Å²) in [5.41, 5.74) is 6.44. The van der Waals surface area contributed by atoms with Crippen LogP contribution in [0.2, 0.25) is 0 Å². The molecule has 1 aromatic heterocycles. The molecule has 4 heteroatoms. The summed E-state index contributed by atoms with van der Waals surface area (Å²) in [6.07, 6.45) is 7.63. The van der Waals surface area contributed by atoms with Gasteiger partial charge in [-0.05, 0) is 67.3 Å². The normalized spacial score (nSPS) is 14.8. The van der Waals surface area contributed by atoms with E-state index in [4.69, 9.17) is 0 Å². The first-order valence-corrected chi connectivity index (χ1v) is 10.6. The maximum absolute atomic E-state index is 12.7. The van der Waals surface area contributed by atoms with Gasteiger partial charge in [-0.3, -0.25) is 9.69 Å². The Balaban J connectivity index is 1.56. The molecular weight excluding hydrogens is 358 g/mol. The molecule has 1 aliphatic heterocycles. The van der Waals surface area contributed by atoms with Gasteiger partial charge in [0.05, 0.1) is 0 Å². The number of hydrogen-bond donors (Lipinski definition) is 2. The van der Waals surface area contributed by atoms with Crippen molar-refractivity contribution in [2.45, 2.75) is 33.1 Å². The number of aryl methyl sites for hydroxylation is 1. The van der Waals surface area contributed by atoms with Crippen LogP contribution < -0.4 is 5.32 Å². The summed E-state index contributed by atoms with van der Waals surface area (Å²) in [7, 11) is 0. The minimum absolute atomic E-state index is 0.0659. The molecule has 29 heavy (non-hydrogen) atoms. The number of carbonyl (C=O) groups excluding carboxylic acids is 1. The van der Waals surface area contributed by atoms with E-state index in [0.717, 1.165) is 43.7 Å². The van der Waals surface area contributed by atoms with E-state index in [2.05, 4.69) is 53.5 Å². The van der Waals surface area contributed by atoms with Gasteiger partial charge in [0.1, 0.15) is 0 Å². The molecule has 1 aliphatic rings. The van der Waals surface area contributed by atoms with Gasteiger partial charge in [0.2, 0.25) is 0 Å². The van der Waals surface area contributed by atoms with Crippen molar-refractivity contribution in [2.75, 3.05) is 25.0 Å². The number of aromatic amines is 1. The zero-order valence-corrected chi connectivity index (χ0v) is 17.3. The van der Waals surface area contributed by atoms with Crippen molar-refractivity contribution >= 4 is 28.1 Å². The molecule has 4 rings (SSSR count). The van der Waals surface area contributed by atoms with E-state index >= 15 is 0 Å². The predicted molar refractivity (Wildman–Crippen MR) is 121 cm³/mol. The van der Waals surface area contributed by atoms with Crippen molar-refractivity contribution in [2.24, 2.45) is 0 Å². The Kier molecular flexibility index (Phi) is 5.81. The van der Waals surface area contributed by atoms with Crippen LogP contribution in [0.3, 0.4) is 0 Å². The molecule has 2 N–H and O–H groups in total. The first kappa shape index (κ1) is 19.5. The Morgan fingerprint density at radius 3 is 2.83 bits per heavy atom. The fourth-order valence-corrected chi connectivity index (χ4v) is 4.07. The van der Waals surface area contributed by atoms with Gasteiger partial charge < -0.3 is 10.3 Å². The third-order valence-electron chi connectivity index (χ3n) is 5.72. The monoisotopic (exact) mass is 387 g/mol. The summed E-state index contributed by atoms with van der Waals surface area (Å²) >= 11 is 0. The Morgan fingerprint density at radius 2 is 2.07 bits per heavy atom. The predicted octanol–water partition coefficient (Wildman–Crippen LogP) is 5.48. The SMILES string of the molecule is CCCN1CC=C(c2c[nH]c3ccc(NC(=O)c4cccc(CC)c4)cc23)CC1. The van der Waals surface area contributed by atoms with E-state index in [0.29, 0.717) is 5.56 Å². The van der Waals surface area contributed by atoms with Crippen molar-refractivity contribution in [1.29, 1.82) is 0 Å². The third-order valence-corrected chi connectivity index (χ3v) is 5.72. The number of fused-ring (bicyclic) bond motifs is 1. The molecule has 0 saturated heterocycles. The summed E-state index contributed by atoms with van der Waals surface area (Å²) in [5.74, 6) is -0.0659. The quantitative estimate of drug-likeness (QED) is 0.588. The van der Waals surface area contributed by atoms with Gasteiger partial charge in [0.15, 0.2) is 0 Å². The maximum atomic E-state index is 12.7. The Morgan fingerprint density at radius 1 is 1.17 bits per heavy atom. The summed E-state index contributed by atoms with van der Waals surface area (Å²) < 4.78 is 0. The van der Waals surface area contributed by atoms with E-state index in [9.17, 15) is 4.79 Å². The molecule has 4 nitrogen and oxygen atoms in total. The first-order chi connectivity index (χ1) is 14.2. The number of H-pyrrole nitrogens is 1. The first-order valence-electron chi connectivity index (χ1n) is 10.6. The van der Waals surface area contributed by atoms with E-state index in [-0.39, 0.29) is 5.91 Å². The average Bonchev–Trinajstić information content (AvgIpc) is 3.18. The number of hydrogen-bond acceptors (Lipinski definition) is 2. The second-order valence-electron chi connectivity index (χ2n) is 7.75. The van der Waals surface area contributed by atoms with E-state index in [1.807, 2.05) is 30.3 Å². The molecule has 0 aliphatic carbocycles. The number of carbonyl (C=O) groups is 1. The molecule has 0 saturated carbocycles. The molecule has 3 aromatic rings. The van der Waals surface area contributed by atoms with Crippen LogP contribution in [0.5, 0.6) is 0 Å². The smallest absolute Gasteiger partial charge is 0.255 e. The van der Waals surface area contributed by atoms with Gasteiger partial charge in [0.25, 0.3) is 5.91 Å². The van der Waals surface area contributed by atoms with Crippen LogP contribution in [0.25, 0.3) is 16.5 Å². The Hall–Kier alpha value is -2.85. The number of anilines is 1. The van der Waals surface area contributed by atoms with Crippen molar-refractivity contribution in [3.05, 3.63) is 71.4 Å². The molecule has 0 fully saturated rings. The van der Waals surface area contributed by atoms with Gasteiger partial charge in [0, 0.05) is 47.0 Å². The molecule has 1 amide bonds. The number of rotatable bonds is 6. The lowest BCUT2D eigenvalue weighted by Gasteiger charge is -2.25. The second-order valence-corrected chi connectivity index (χ2v) is 7.75. The van der Waals surface area contributed by atoms with Crippen molar-refractivity contribution in [1.82, 2.24) is 9.88 Å². The highest BCUT2D eigenvalue weighted by Gasteiger charge is 2.16.